The molecule has 2 heterocycles. The summed E-state index contributed by atoms with van der Waals surface area (Å²) in [4.78, 5) is 29.0. The Bertz CT molecular complexity index is 1250. The Morgan fingerprint density at radius 2 is 1.86 bits per heavy atom. The monoisotopic (exact) mass is 389 g/mol. The fourth-order valence-corrected chi connectivity index (χ4v) is 2.85. The molecule has 0 spiro atoms. The van der Waals surface area contributed by atoms with Gasteiger partial charge in [0, 0.05) is 17.8 Å². The normalized spacial score (nSPS) is 10.7. The van der Waals surface area contributed by atoms with Crippen molar-refractivity contribution in [3.8, 4) is 5.75 Å². The molecule has 4 aromatic rings. The van der Waals surface area contributed by atoms with Crippen molar-refractivity contribution in [3.05, 3.63) is 106 Å². The van der Waals surface area contributed by atoms with Crippen LogP contribution in [0.25, 0.3) is 5.65 Å². The molecule has 6 nitrogen and oxygen atoms in total. The Hall–Kier alpha value is -4.00. The van der Waals surface area contributed by atoms with Crippen LogP contribution in [0.5, 0.6) is 5.75 Å². The zero-order chi connectivity index (χ0) is 20.2. The van der Waals surface area contributed by atoms with Crippen LogP contribution in [0.15, 0.2) is 83.8 Å². The molecule has 144 valence electrons. The predicted octanol–water partition coefficient (Wildman–Crippen LogP) is 3.66. The first-order chi connectivity index (χ1) is 14.1. The van der Waals surface area contributed by atoms with Crippen LogP contribution in [0, 0.1) is 5.82 Å². The number of pyridine rings is 1. The first-order valence-corrected chi connectivity index (χ1v) is 8.86. The van der Waals surface area contributed by atoms with Gasteiger partial charge in [-0.05, 0) is 42.5 Å². The number of hydrogen-bond acceptors (Lipinski definition) is 4. The minimum Gasteiger partial charge on any atom is -0.485 e. The van der Waals surface area contributed by atoms with Gasteiger partial charge in [-0.1, -0.05) is 24.3 Å². The molecule has 0 saturated heterocycles. The topological polar surface area (TPSA) is 72.7 Å². The van der Waals surface area contributed by atoms with E-state index < -0.39 is 11.7 Å². The zero-order valence-electron chi connectivity index (χ0n) is 15.2. The van der Waals surface area contributed by atoms with Gasteiger partial charge >= 0.3 is 0 Å². The molecule has 0 bridgehead atoms. The third kappa shape index (κ3) is 4.14. The van der Waals surface area contributed by atoms with Gasteiger partial charge in [-0.2, -0.15) is 0 Å². The summed E-state index contributed by atoms with van der Waals surface area (Å²) in [5.74, 6) is -0.536. The quantitative estimate of drug-likeness (QED) is 0.565. The number of hydrogen-bond donors (Lipinski definition) is 1. The molecule has 4 rings (SSSR count). The summed E-state index contributed by atoms with van der Waals surface area (Å²) in [6, 6.07) is 19.0. The Morgan fingerprint density at radius 1 is 1.03 bits per heavy atom. The fraction of sp³-hybridized carbons (Fsp3) is 0.0455. The molecule has 2 aromatic heterocycles. The van der Waals surface area contributed by atoms with Crippen molar-refractivity contribution in [1.29, 1.82) is 0 Å². The van der Waals surface area contributed by atoms with Crippen LogP contribution >= 0.6 is 0 Å². The number of rotatable bonds is 5. The highest BCUT2D eigenvalue weighted by Crippen LogP contribution is 2.25. The average Bonchev–Trinajstić information content (AvgIpc) is 2.73. The average molecular weight is 389 g/mol. The van der Waals surface area contributed by atoms with Gasteiger partial charge in [-0.15, -0.1) is 0 Å². The first kappa shape index (κ1) is 18.4. The number of aromatic nitrogens is 2. The van der Waals surface area contributed by atoms with Crippen LogP contribution < -0.4 is 15.6 Å². The molecule has 0 unspecified atom stereocenters. The van der Waals surface area contributed by atoms with E-state index in [4.69, 9.17) is 4.74 Å². The fourth-order valence-electron chi connectivity index (χ4n) is 2.85. The largest absolute Gasteiger partial charge is 0.485 e. The van der Waals surface area contributed by atoms with E-state index in [1.165, 1.54) is 28.7 Å². The number of nitrogens with one attached hydrogen (secondary N) is 1. The van der Waals surface area contributed by atoms with Crippen LogP contribution in [-0.2, 0) is 6.61 Å². The minimum atomic E-state index is -0.490. The maximum atomic E-state index is 13.4. The van der Waals surface area contributed by atoms with Crippen LogP contribution in [0.1, 0.15) is 16.1 Å². The van der Waals surface area contributed by atoms with Crippen molar-refractivity contribution in [2.45, 2.75) is 6.61 Å². The molecular formula is C22H16FN3O3. The molecule has 0 saturated carbocycles. The van der Waals surface area contributed by atoms with Crippen LogP contribution in [0.3, 0.4) is 0 Å². The van der Waals surface area contributed by atoms with Crippen molar-refractivity contribution >= 4 is 17.2 Å². The number of carbonyl (C=O) groups is 1. The van der Waals surface area contributed by atoms with Gasteiger partial charge in [-0.3, -0.25) is 14.0 Å². The lowest BCUT2D eigenvalue weighted by atomic mass is 10.2. The number of nitrogens with zero attached hydrogens (tertiary/aromatic N) is 2. The molecule has 0 radical (unpaired) electrons. The van der Waals surface area contributed by atoms with Gasteiger partial charge in [0.25, 0.3) is 11.5 Å². The number of para-hydroxylation sites is 2. The van der Waals surface area contributed by atoms with Gasteiger partial charge in [-0.25, -0.2) is 9.37 Å². The van der Waals surface area contributed by atoms with Gasteiger partial charge in [0.1, 0.15) is 23.8 Å². The second kappa shape index (κ2) is 7.93. The Labute approximate surface area is 165 Å². The van der Waals surface area contributed by atoms with Crippen LogP contribution in [-0.4, -0.2) is 15.3 Å². The molecule has 0 aliphatic rings. The number of anilines is 1. The van der Waals surface area contributed by atoms with Crippen LogP contribution in [0.2, 0.25) is 0 Å². The van der Waals surface area contributed by atoms with Gasteiger partial charge in [0.15, 0.2) is 0 Å². The second-order valence-electron chi connectivity index (χ2n) is 6.26. The van der Waals surface area contributed by atoms with E-state index in [-0.39, 0.29) is 17.7 Å². The van der Waals surface area contributed by atoms with E-state index in [0.29, 0.717) is 22.8 Å². The predicted molar refractivity (Wildman–Crippen MR) is 107 cm³/mol. The summed E-state index contributed by atoms with van der Waals surface area (Å²) in [5, 5.41) is 2.71. The molecular weight excluding hydrogens is 373 g/mol. The molecule has 7 heteroatoms. The standard InChI is InChI=1S/C22H16FN3O3/c23-16-7-5-6-15(12-16)22(28)25-18-8-1-2-9-19(18)29-14-17-13-21(27)26-11-4-3-10-20(26)24-17/h1-13H,14H2,(H,25,28). The van der Waals surface area contributed by atoms with Crippen molar-refractivity contribution in [2.24, 2.45) is 0 Å². The molecule has 0 fully saturated rings. The molecule has 1 amide bonds. The number of benzene rings is 2. The van der Waals surface area contributed by atoms with Crippen molar-refractivity contribution in [1.82, 2.24) is 9.38 Å². The molecule has 0 aliphatic carbocycles. The Morgan fingerprint density at radius 3 is 2.72 bits per heavy atom. The zero-order valence-corrected chi connectivity index (χ0v) is 15.2. The minimum absolute atomic E-state index is 0.0491. The summed E-state index contributed by atoms with van der Waals surface area (Å²) in [7, 11) is 0. The SMILES string of the molecule is O=C(Nc1ccccc1OCc1cc(=O)n2ccccc2n1)c1cccc(F)c1. The molecule has 1 N–H and O–H groups in total. The summed E-state index contributed by atoms with van der Waals surface area (Å²) < 4.78 is 20.6. The van der Waals surface area contributed by atoms with E-state index in [1.54, 1.807) is 48.7 Å². The number of amides is 1. The number of fused-ring (bicyclic) bond motifs is 1. The molecule has 29 heavy (non-hydrogen) atoms. The first-order valence-electron chi connectivity index (χ1n) is 8.86. The molecule has 0 aliphatic heterocycles. The molecule has 0 atom stereocenters. The third-order valence-electron chi connectivity index (χ3n) is 4.22. The lowest BCUT2D eigenvalue weighted by Crippen LogP contribution is -2.16. The number of halogens is 1. The summed E-state index contributed by atoms with van der Waals surface area (Å²) >= 11 is 0. The lowest BCUT2D eigenvalue weighted by Gasteiger charge is -2.12. The third-order valence-corrected chi connectivity index (χ3v) is 4.22. The summed E-state index contributed by atoms with van der Waals surface area (Å²) in [6.45, 7) is 0.0491. The highest BCUT2D eigenvalue weighted by molar-refractivity contribution is 6.05. The van der Waals surface area contributed by atoms with Gasteiger partial charge < -0.3 is 10.1 Å². The number of carbonyl (C=O) groups excluding carboxylic acids is 1. The highest BCUT2D eigenvalue weighted by Gasteiger charge is 2.11. The van der Waals surface area contributed by atoms with E-state index in [0.717, 1.165) is 6.07 Å². The Balaban J connectivity index is 1.53. The van der Waals surface area contributed by atoms with E-state index in [1.807, 2.05) is 0 Å². The summed E-state index contributed by atoms with van der Waals surface area (Å²) in [6.07, 6.45) is 1.65. The highest BCUT2D eigenvalue weighted by atomic mass is 19.1. The summed E-state index contributed by atoms with van der Waals surface area (Å²) in [5.41, 5.74) is 1.41. The van der Waals surface area contributed by atoms with Crippen molar-refractivity contribution < 1.29 is 13.9 Å². The van der Waals surface area contributed by atoms with E-state index in [9.17, 15) is 14.0 Å². The maximum Gasteiger partial charge on any atom is 0.258 e. The van der Waals surface area contributed by atoms with Crippen molar-refractivity contribution in [3.63, 3.8) is 0 Å². The van der Waals surface area contributed by atoms with Gasteiger partial charge in [0.2, 0.25) is 0 Å². The van der Waals surface area contributed by atoms with Gasteiger partial charge in [0.05, 0.1) is 11.4 Å². The molecule has 2 aromatic carbocycles. The maximum absolute atomic E-state index is 13.4. The lowest BCUT2D eigenvalue weighted by molar-refractivity contribution is 0.102. The van der Waals surface area contributed by atoms with Crippen LogP contribution in [0.4, 0.5) is 10.1 Å². The smallest absolute Gasteiger partial charge is 0.258 e. The Kier molecular flexibility index (Phi) is 5.03. The van der Waals surface area contributed by atoms with E-state index in [2.05, 4.69) is 10.3 Å². The van der Waals surface area contributed by atoms with E-state index >= 15 is 0 Å². The number of ether oxygens (including phenoxy) is 1. The van der Waals surface area contributed by atoms with Crippen molar-refractivity contribution in [2.75, 3.05) is 5.32 Å². The second-order valence-corrected chi connectivity index (χ2v) is 6.26.